The van der Waals surface area contributed by atoms with Crippen molar-refractivity contribution in [1.29, 1.82) is 0 Å². The van der Waals surface area contributed by atoms with E-state index in [9.17, 15) is 13.2 Å². The summed E-state index contributed by atoms with van der Waals surface area (Å²) in [5.41, 5.74) is 0.587. The number of benzene rings is 1. The molecule has 0 unspecified atom stereocenters. The van der Waals surface area contributed by atoms with Crippen molar-refractivity contribution in [2.45, 2.75) is 12.1 Å². The Morgan fingerprint density at radius 2 is 1.67 bits per heavy atom. The first-order valence-corrected chi connectivity index (χ1v) is 5.72. The van der Waals surface area contributed by atoms with Gasteiger partial charge in [0.25, 0.3) is 0 Å². The monoisotopic (exact) mass is 271 g/mol. The van der Waals surface area contributed by atoms with Gasteiger partial charge in [0.05, 0.1) is 5.56 Å². The summed E-state index contributed by atoms with van der Waals surface area (Å²) in [6.45, 7) is 0. The van der Waals surface area contributed by atoms with Crippen LogP contribution in [0.5, 0.6) is 0 Å². The molecule has 0 bridgehead atoms. The van der Waals surface area contributed by atoms with E-state index in [4.69, 9.17) is 11.6 Å². The Labute approximate surface area is 107 Å². The smallest absolute Gasteiger partial charge is 0.265 e. The second-order valence-electron chi connectivity index (χ2n) is 3.74. The van der Waals surface area contributed by atoms with Crippen molar-refractivity contribution >= 4 is 11.6 Å². The fourth-order valence-electron chi connectivity index (χ4n) is 1.68. The summed E-state index contributed by atoms with van der Waals surface area (Å²) < 4.78 is 38.6. The maximum atomic E-state index is 12.9. The molecule has 18 heavy (non-hydrogen) atoms. The van der Waals surface area contributed by atoms with Gasteiger partial charge in [-0.2, -0.15) is 13.2 Å². The third kappa shape index (κ3) is 2.64. The van der Waals surface area contributed by atoms with Gasteiger partial charge in [-0.15, -0.1) is 11.6 Å². The Balaban J connectivity index is 2.53. The summed E-state index contributed by atoms with van der Waals surface area (Å²) in [5, 5.41) is 0. The molecule has 0 saturated heterocycles. The van der Waals surface area contributed by atoms with Crippen LogP contribution < -0.4 is 0 Å². The van der Waals surface area contributed by atoms with E-state index in [0.29, 0.717) is 11.1 Å². The van der Waals surface area contributed by atoms with Crippen LogP contribution in [-0.4, -0.2) is 4.98 Å². The largest absolute Gasteiger partial charge is 0.416 e. The van der Waals surface area contributed by atoms with Gasteiger partial charge in [-0.3, -0.25) is 4.98 Å². The lowest BCUT2D eigenvalue weighted by Crippen LogP contribution is -2.08. The highest BCUT2D eigenvalue weighted by Crippen LogP contribution is 2.35. The van der Waals surface area contributed by atoms with E-state index in [1.54, 1.807) is 18.2 Å². The summed E-state index contributed by atoms with van der Waals surface area (Å²) in [7, 11) is 0. The molecule has 2 rings (SSSR count). The molecule has 0 aliphatic carbocycles. The number of hydrogen-bond acceptors (Lipinski definition) is 1. The quantitative estimate of drug-likeness (QED) is 0.733. The molecule has 0 amide bonds. The van der Waals surface area contributed by atoms with Gasteiger partial charge in [0.1, 0.15) is 0 Å². The van der Waals surface area contributed by atoms with Crippen LogP contribution in [0.15, 0.2) is 42.7 Å². The van der Waals surface area contributed by atoms with Gasteiger partial charge in [0.2, 0.25) is 0 Å². The molecule has 1 aromatic heterocycles. The lowest BCUT2D eigenvalue weighted by molar-refractivity contribution is -0.138. The van der Waals surface area contributed by atoms with Gasteiger partial charge in [0, 0.05) is 18.3 Å². The molecule has 0 radical (unpaired) electrons. The molecule has 0 atom stereocenters. The number of hydrogen-bond donors (Lipinski definition) is 0. The fraction of sp³-hybridized carbons (Fsp3) is 0.154. The number of aromatic nitrogens is 1. The van der Waals surface area contributed by atoms with Crippen LogP contribution in [0.3, 0.4) is 0 Å². The fourth-order valence-corrected chi connectivity index (χ4v) is 1.91. The zero-order chi connectivity index (χ0) is 13.2. The average molecular weight is 272 g/mol. The van der Waals surface area contributed by atoms with E-state index in [-0.39, 0.29) is 11.4 Å². The topological polar surface area (TPSA) is 12.9 Å². The number of alkyl halides is 4. The maximum Gasteiger partial charge on any atom is 0.416 e. The zero-order valence-corrected chi connectivity index (χ0v) is 9.96. The summed E-state index contributed by atoms with van der Waals surface area (Å²) in [6.07, 6.45) is -1.32. The Bertz CT molecular complexity index is 538. The van der Waals surface area contributed by atoms with Crippen molar-refractivity contribution in [2.75, 3.05) is 0 Å². The lowest BCUT2D eigenvalue weighted by Gasteiger charge is -2.13. The van der Waals surface area contributed by atoms with Crippen molar-refractivity contribution in [1.82, 2.24) is 4.98 Å². The van der Waals surface area contributed by atoms with E-state index >= 15 is 0 Å². The SMILES string of the molecule is FC(F)(F)c1cc(-c2ccncc2)ccc1CCl. The predicted octanol–water partition coefficient (Wildman–Crippen LogP) is 4.51. The van der Waals surface area contributed by atoms with Crippen LogP contribution in [0.25, 0.3) is 11.1 Å². The van der Waals surface area contributed by atoms with Gasteiger partial charge in [-0.1, -0.05) is 12.1 Å². The van der Waals surface area contributed by atoms with E-state index in [1.807, 2.05) is 0 Å². The highest BCUT2D eigenvalue weighted by molar-refractivity contribution is 6.17. The third-order valence-electron chi connectivity index (χ3n) is 2.57. The summed E-state index contributed by atoms with van der Waals surface area (Å²) in [4.78, 5) is 3.83. The van der Waals surface area contributed by atoms with Crippen LogP contribution in [0.2, 0.25) is 0 Å². The minimum absolute atomic E-state index is 0.0852. The van der Waals surface area contributed by atoms with Crippen molar-refractivity contribution < 1.29 is 13.2 Å². The Hall–Kier alpha value is -1.55. The molecular weight excluding hydrogens is 263 g/mol. The molecule has 0 spiro atoms. The van der Waals surface area contributed by atoms with Crippen molar-refractivity contribution in [3.05, 3.63) is 53.9 Å². The van der Waals surface area contributed by atoms with E-state index in [0.717, 1.165) is 6.07 Å². The second kappa shape index (κ2) is 4.98. The van der Waals surface area contributed by atoms with Crippen LogP contribution in [-0.2, 0) is 12.1 Å². The first kappa shape index (κ1) is 12.9. The van der Waals surface area contributed by atoms with E-state index < -0.39 is 11.7 Å². The van der Waals surface area contributed by atoms with Gasteiger partial charge < -0.3 is 0 Å². The predicted molar refractivity (Wildman–Crippen MR) is 64.2 cm³/mol. The van der Waals surface area contributed by atoms with Gasteiger partial charge in [0.15, 0.2) is 0 Å². The number of halogens is 4. The summed E-state index contributed by atoms with van der Waals surface area (Å²) in [5.74, 6) is -0.161. The van der Waals surface area contributed by atoms with Crippen LogP contribution in [0.4, 0.5) is 13.2 Å². The summed E-state index contributed by atoms with van der Waals surface area (Å²) in [6, 6.07) is 7.48. The molecule has 0 N–H and O–H groups in total. The minimum atomic E-state index is -4.40. The molecule has 1 aromatic carbocycles. The average Bonchev–Trinajstić information content (AvgIpc) is 2.38. The molecule has 0 aliphatic heterocycles. The highest BCUT2D eigenvalue weighted by atomic mass is 35.5. The number of nitrogens with zero attached hydrogens (tertiary/aromatic N) is 1. The van der Waals surface area contributed by atoms with Crippen molar-refractivity contribution in [3.8, 4) is 11.1 Å². The van der Waals surface area contributed by atoms with E-state index in [1.165, 1.54) is 18.5 Å². The second-order valence-corrected chi connectivity index (χ2v) is 4.01. The Morgan fingerprint density at radius 3 is 2.22 bits per heavy atom. The first-order valence-electron chi connectivity index (χ1n) is 5.19. The molecule has 1 nitrogen and oxygen atoms in total. The van der Waals surface area contributed by atoms with Crippen LogP contribution >= 0.6 is 11.6 Å². The zero-order valence-electron chi connectivity index (χ0n) is 9.21. The van der Waals surface area contributed by atoms with Gasteiger partial charge in [-0.25, -0.2) is 0 Å². The molecule has 5 heteroatoms. The molecule has 0 fully saturated rings. The Morgan fingerprint density at radius 1 is 1.00 bits per heavy atom. The van der Waals surface area contributed by atoms with E-state index in [2.05, 4.69) is 4.98 Å². The molecule has 0 aliphatic rings. The third-order valence-corrected chi connectivity index (χ3v) is 2.86. The number of pyridine rings is 1. The van der Waals surface area contributed by atoms with Gasteiger partial charge in [-0.05, 0) is 34.9 Å². The van der Waals surface area contributed by atoms with Gasteiger partial charge >= 0.3 is 6.18 Å². The highest BCUT2D eigenvalue weighted by Gasteiger charge is 2.33. The number of rotatable bonds is 2. The van der Waals surface area contributed by atoms with Crippen molar-refractivity contribution in [2.24, 2.45) is 0 Å². The van der Waals surface area contributed by atoms with Crippen molar-refractivity contribution in [3.63, 3.8) is 0 Å². The summed E-state index contributed by atoms with van der Waals surface area (Å²) >= 11 is 5.53. The van der Waals surface area contributed by atoms with Crippen LogP contribution in [0.1, 0.15) is 11.1 Å². The lowest BCUT2D eigenvalue weighted by atomic mass is 10.0. The molecular formula is C13H9ClF3N. The normalized spacial score (nSPS) is 11.6. The Kier molecular flexibility index (Phi) is 3.57. The molecule has 1 heterocycles. The first-order chi connectivity index (χ1) is 8.52. The molecule has 2 aromatic rings. The maximum absolute atomic E-state index is 12.9. The molecule has 0 saturated carbocycles. The standard InChI is InChI=1S/C13H9ClF3N/c14-8-11-2-1-10(7-12(11)13(15,16)17)9-3-5-18-6-4-9/h1-7H,8H2. The van der Waals surface area contributed by atoms with Crippen LogP contribution in [0, 0.1) is 0 Å². The minimum Gasteiger partial charge on any atom is -0.265 e. The molecule has 94 valence electrons.